The minimum absolute atomic E-state index is 0.373. The van der Waals surface area contributed by atoms with Gasteiger partial charge in [-0.1, -0.05) is 11.3 Å². The predicted octanol–water partition coefficient (Wildman–Crippen LogP) is 0.248. The zero-order chi connectivity index (χ0) is 6.41. The van der Waals surface area contributed by atoms with Crippen molar-refractivity contribution in [2.24, 2.45) is 0 Å². The summed E-state index contributed by atoms with van der Waals surface area (Å²) in [5.41, 5.74) is 0. The molecule has 0 aromatic carbocycles. The van der Waals surface area contributed by atoms with Gasteiger partial charge in [0.1, 0.15) is 0 Å². The summed E-state index contributed by atoms with van der Waals surface area (Å²) in [4.78, 5) is 0. The molecule has 1 nitrogen and oxygen atoms in total. The molecule has 0 aliphatic carbocycles. The van der Waals surface area contributed by atoms with E-state index in [1.807, 2.05) is 6.92 Å². The van der Waals surface area contributed by atoms with Crippen LogP contribution in [0, 0.1) is 0 Å². The average Bonchev–Trinajstić information content (AvgIpc) is 1.83. The van der Waals surface area contributed by atoms with Crippen molar-refractivity contribution in [3.63, 3.8) is 0 Å². The standard InChI is InChI=1S/C4H11ClOSi2/c1-3-4(2)7-6-8-5/h3H,7-8H2,1-2H3. The molecule has 0 rings (SSSR count). The Labute approximate surface area is 59.7 Å². The Morgan fingerprint density at radius 1 is 1.75 bits per heavy atom. The maximum absolute atomic E-state index is 5.43. The zero-order valence-corrected chi connectivity index (χ0v) is 8.86. The smallest absolute Gasteiger partial charge is 0.247 e. The molecule has 0 aliphatic heterocycles. The van der Waals surface area contributed by atoms with Crippen LogP contribution in [0.4, 0.5) is 0 Å². The Morgan fingerprint density at radius 3 is 2.75 bits per heavy atom. The van der Waals surface area contributed by atoms with Gasteiger partial charge in [0.25, 0.3) is 0 Å². The second-order valence-corrected chi connectivity index (χ2v) is 5.50. The molecule has 4 heteroatoms. The quantitative estimate of drug-likeness (QED) is 0.432. The van der Waals surface area contributed by atoms with Crippen molar-refractivity contribution in [3.8, 4) is 0 Å². The van der Waals surface area contributed by atoms with Crippen molar-refractivity contribution in [3.05, 3.63) is 11.3 Å². The molecule has 0 unspecified atom stereocenters. The molecule has 0 aromatic rings. The zero-order valence-electron chi connectivity index (χ0n) is 5.28. The van der Waals surface area contributed by atoms with Gasteiger partial charge in [0.05, 0.1) is 0 Å². The van der Waals surface area contributed by atoms with E-state index in [1.54, 1.807) is 0 Å². The van der Waals surface area contributed by atoms with E-state index in [4.69, 9.17) is 15.2 Å². The first kappa shape index (κ1) is 8.42. The third kappa shape index (κ3) is 4.58. The minimum atomic E-state index is -0.645. The SMILES string of the molecule is CC=C(C)[SiH2]O[SiH2]Cl. The number of halogens is 1. The van der Waals surface area contributed by atoms with E-state index in [9.17, 15) is 0 Å². The second-order valence-electron chi connectivity index (χ2n) is 1.59. The summed E-state index contributed by atoms with van der Waals surface area (Å²) in [6.45, 7) is 4.12. The first-order chi connectivity index (χ1) is 3.81. The van der Waals surface area contributed by atoms with Gasteiger partial charge in [0.2, 0.25) is 9.07 Å². The summed E-state index contributed by atoms with van der Waals surface area (Å²) in [7, 11) is -1.02. The molecule has 0 saturated heterocycles. The molecule has 0 aliphatic rings. The summed E-state index contributed by atoms with van der Waals surface area (Å²) in [6.07, 6.45) is 2.09. The van der Waals surface area contributed by atoms with Crippen molar-refractivity contribution >= 4 is 29.9 Å². The largest absolute Gasteiger partial charge is 0.450 e. The van der Waals surface area contributed by atoms with Crippen molar-refractivity contribution in [2.75, 3.05) is 0 Å². The van der Waals surface area contributed by atoms with E-state index >= 15 is 0 Å². The van der Waals surface area contributed by atoms with Gasteiger partial charge in [-0.25, -0.2) is 0 Å². The summed E-state index contributed by atoms with van der Waals surface area (Å²) in [5.74, 6) is 0. The molecule has 0 heterocycles. The van der Waals surface area contributed by atoms with Gasteiger partial charge in [-0.3, -0.25) is 0 Å². The molecule has 0 radical (unpaired) electrons. The Morgan fingerprint density at radius 2 is 2.38 bits per heavy atom. The molecule has 0 amide bonds. The van der Waals surface area contributed by atoms with Gasteiger partial charge >= 0.3 is 0 Å². The van der Waals surface area contributed by atoms with Gasteiger partial charge in [0.15, 0.2) is 9.76 Å². The molecule has 0 N–H and O–H groups in total. The van der Waals surface area contributed by atoms with Gasteiger partial charge in [0, 0.05) is 0 Å². The first-order valence-electron chi connectivity index (χ1n) is 2.56. The molecule has 0 fully saturated rings. The van der Waals surface area contributed by atoms with Gasteiger partial charge in [-0.2, -0.15) is 0 Å². The third-order valence-electron chi connectivity index (χ3n) is 0.900. The maximum Gasteiger partial charge on any atom is 0.247 e. The van der Waals surface area contributed by atoms with Crippen LogP contribution in [0.2, 0.25) is 0 Å². The van der Waals surface area contributed by atoms with E-state index in [1.165, 1.54) is 5.20 Å². The highest BCUT2D eigenvalue weighted by Gasteiger charge is 1.86. The Hall–Kier alpha value is 0.424. The maximum atomic E-state index is 5.43. The molecule has 48 valence electrons. The Kier molecular flexibility index (Phi) is 5.85. The molecule has 0 spiro atoms. The van der Waals surface area contributed by atoms with Crippen LogP contribution in [0.3, 0.4) is 0 Å². The normalized spacial score (nSPS) is 15.1. The van der Waals surface area contributed by atoms with Crippen LogP contribution in [0.5, 0.6) is 0 Å². The van der Waals surface area contributed by atoms with E-state index in [-0.39, 0.29) is 9.76 Å². The van der Waals surface area contributed by atoms with E-state index in [2.05, 4.69) is 13.0 Å². The molecule has 0 aromatic heterocycles. The summed E-state index contributed by atoms with van der Waals surface area (Å²) in [6, 6.07) is 0. The molecule has 0 saturated carbocycles. The Balaban J connectivity index is 3.12. The number of allylic oxidation sites excluding steroid dienone is 2. The predicted molar refractivity (Wildman–Crippen MR) is 43.5 cm³/mol. The lowest BCUT2D eigenvalue weighted by molar-refractivity contribution is 0.664. The van der Waals surface area contributed by atoms with Crippen molar-refractivity contribution in [2.45, 2.75) is 13.8 Å². The number of hydrogen-bond donors (Lipinski definition) is 0. The fraction of sp³-hybridized carbons (Fsp3) is 0.500. The molecule has 0 bridgehead atoms. The van der Waals surface area contributed by atoms with Gasteiger partial charge in [-0.15, -0.1) is 11.1 Å². The van der Waals surface area contributed by atoms with Gasteiger partial charge < -0.3 is 4.12 Å². The summed E-state index contributed by atoms with van der Waals surface area (Å²) in [5, 5.41) is 1.39. The van der Waals surface area contributed by atoms with E-state index in [0.29, 0.717) is 0 Å². The molecular weight excluding hydrogens is 156 g/mol. The van der Waals surface area contributed by atoms with Crippen molar-refractivity contribution < 1.29 is 4.12 Å². The number of hydrogen-bond acceptors (Lipinski definition) is 1. The lowest BCUT2D eigenvalue weighted by Gasteiger charge is -1.95. The highest BCUT2D eigenvalue weighted by molar-refractivity contribution is 6.91. The van der Waals surface area contributed by atoms with Crippen LogP contribution in [0.15, 0.2) is 11.3 Å². The first-order valence-corrected chi connectivity index (χ1v) is 6.56. The summed E-state index contributed by atoms with van der Waals surface area (Å²) < 4.78 is 5.16. The van der Waals surface area contributed by atoms with Crippen LogP contribution in [-0.4, -0.2) is 18.8 Å². The van der Waals surface area contributed by atoms with Crippen LogP contribution in [0.25, 0.3) is 0 Å². The summed E-state index contributed by atoms with van der Waals surface area (Å²) >= 11 is 5.43. The Bertz CT molecular complexity index is 84.1. The van der Waals surface area contributed by atoms with Crippen LogP contribution in [-0.2, 0) is 4.12 Å². The highest BCUT2D eigenvalue weighted by atomic mass is 35.6. The highest BCUT2D eigenvalue weighted by Crippen LogP contribution is 1.87. The minimum Gasteiger partial charge on any atom is -0.450 e. The fourth-order valence-corrected chi connectivity index (χ4v) is 2.74. The van der Waals surface area contributed by atoms with E-state index in [0.717, 1.165) is 0 Å². The molecule has 8 heavy (non-hydrogen) atoms. The van der Waals surface area contributed by atoms with Crippen LogP contribution in [0.1, 0.15) is 13.8 Å². The van der Waals surface area contributed by atoms with Gasteiger partial charge in [-0.05, 0) is 13.8 Å². The lowest BCUT2D eigenvalue weighted by Crippen LogP contribution is -1.99. The topological polar surface area (TPSA) is 9.23 Å². The monoisotopic (exact) mass is 166 g/mol. The van der Waals surface area contributed by atoms with Crippen LogP contribution >= 0.6 is 11.1 Å². The molecule has 0 atom stereocenters. The van der Waals surface area contributed by atoms with E-state index < -0.39 is 9.07 Å². The molecular formula is C4H11ClOSi2. The van der Waals surface area contributed by atoms with Crippen molar-refractivity contribution in [1.82, 2.24) is 0 Å². The van der Waals surface area contributed by atoms with Crippen molar-refractivity contribution in [1.29, 1.82) is 0 Å². The lowest BCUT2D eigenvalue weighted by atomic mass is 10.6. The number of rotatable bonds is 3. The third-order valence-corrected chi connectivity index (χ3v) is 4.59. The van der Waals surface area contributed by atoms with Crippen LogP contribution < -0.4 is 0 Å². The second kappa shape index (κ2) is 5.56. The average molecular weight is 167 g/mol. The fourth-order valence-electron chi connectivity index (χ4n) is 0.283.